The minimum atomic E-state index is 0.775. The lowest BCUT2D eigenvalue weighted by Crippen LogP contribution is -2.26. The fourth-order valence-electron chi connectivity index (χ4n) is 2.17. The molecule has 17 heavy (non-hydrogen) atoms. The largest absolute Gasteiger partial charge is 0.398 e. The Labute approximate surface area is 109 Å². The first kappa shape index (κ1) is 12.7. The topological polar surface area (TPSA) is 29.3 Å². The normalized spacial score (nSPS) is 15.5. The van der Waals surface area contributed by atoms with E-state index in [9.17, 15) is 0 Å². The third-order valence-electron chi connectivity index (χ3n) is 3.25. The van der Waals surface area contributed by atoms with Crippen LogP contribution in [0, 0.1) is 5.92 Å². The van der Waals surface area contributed by atoms with Gasteiger partial charge >= 0.3 is 0 Å². The Morgan fingerprint density at radius 2 is 2.18 bits per heavy atom. The predicted octanol–water partition coefficient (Wildman–Crippen LogP) is 3.54. The lowest BCUT2D eigenvalue weighted by molar-refractivity contribution is 0.255. The molecule has 1 aromatic rings. The molecule has 2 rings (SSSR count). The average molecular weight is 253 g/mol. The highest BCUT2D eigenvalue weighted by molar-refractivity contribution is 6.30. The SMILES string of the molecule is CCCN(Cc1cc(Cl)ccc1N)CC1CC1. The minimum absolute atomic E-state index is 0.775. The lowest BCUT2D eigenvalue weighted by Gasteiger charge is -2.22. The second-order valence-corrected chi connectivity index (χ2v) is 5.46. The molecule has 0 amide bonds. The van der Waals surface area contributed by atoms with Crippen LogP contribution in [0.1, 0.15) is 31.7 Å². The molecule has 94 valence electrons. The molecule has 0 heterocycles. The smallest absolute Gasteiger partial charge is 0.0410 e. The highest BCUT2D eigenvalue weighted by Gasteiger charge is 2.24. The van der Waals surface area contributed by atoms with E-state index in [-0.39, 0.29) is 0 Å². The molecule has 0 atom stereocenters. The third-order valence-corrected chi connectivity index (χ3v) is 3.49. The Kier molecular flexibility index (Phi) is 4.30. The highest BCUT2D eigenvalue weighted by Crippen LogP contribution is 2.30. The van der Waals surface area contributed by atoms with Crippen LogP contribution >= 0.6 is 11.6 Å². The molecule has 0 saturated heterocycles. The summed E-state index contributed by atoms with van der Waals surface area (Å²) in [4.78, 5) is 2.50. The molecule has 0 spiro atoms. The number of hydrogen-bond acceptors (Lipinski definition) is 2. The van der Waals surface area contributed by atoms with Gasteiger partial charge in [-0.05, 0) is 55.5 Å². The number of halogens is 1. The molecule has 0 bridgehead atoms. The molecule has 0 radical (unpaired) electrons. The molecule has 1 aliphatic rings. The van der Waals surface area contributed by atoms with E-state index in [1.165, 1.54) is 25.8 Å². The van der Waals surface area contributed by atoms with Crippen LogP contribution in [0.25, 0.3) is 0 Å². The van der Waals surface area contributed by atoms with Crippen LogP contribution in [-0.2, 0) is 6.54 Å². The van der Waals surface area contributed by atoms with E-state index in [1.807, 2.05) is 18.2 Å². The summed E-state index contributed by atoms with van der Waals surface area (Å²) in [7, 11) is 0. The third kappa shape index (κ3) is 3.90. The van der Waals surface area contributed by atoms with Gasteiger partial charge in [-0.2, -0.15) is 0 Å². The number of hydrogen-bond donors (Lipinski definition) is 1. The van der Waals surface area contributed by atoms with Crippen molar-refractivity contribution in [2.75, 3.05) is 18.8 Å². The molecule has 2 N–H and O–H groups in total. The quantitative estimate of drug-likeness (QED) is 0.785. The zero-order valence-electron chi connectivity index (χ0n) is 10.5. The molecule has 0 aliphatic heterocycles. The maximum absolute atomic E-state index is 6.02. The van der Waals surface area contributed by atoms with Gasteiger partial charge in [0.25, 0.3) is 0 Å². The summed E-state index contributed by atoms with van der Waals surface area (Å²) >= 11 is 6.02. The monoisotopic (exact) mass is 252 g/mol. The Hall–Kier alpha value is -0.730. The second kappa shape index (κ2) is 5.74. The van der Waals surface area contributed by atoms with Crippen molar-refractivity contribution in [2.24, 2.45) is 5.92 Å². The number of nitrogen functional groups attached to an aromatic ring is 1. The first-order valence-corrected chi connectivity index (χ1v) is 6.83. The fraction of sp³-hybridized carbons (Fsp3) is 0.571. The number of rotatable bonds is 6. The van der Waals surface area contributed by atoms with Crippen molar-refractivity contribution in [3.63, 3.8) is 0 Å². The molecule has 0 unspecified atom stereocenters. The van der Waals surface area contributed by atoms with Gasteiger partial charge in [-0.1, -0.05) is 18.5 Å². The summed E-state index contributed by atoms with van der Waals surface area (Å²) in [6.45, 7) is 5.50. The summed E-state index contributed by atoms with van der Waals surface area (Å²) in [6.07, 6.45) is 3.98. The van der Waals surface area contributed by atoms with E-state index < -0.39 is 0 Å². The van der Waals surface area contributed by atoms with Gasteiger partial charge < -0.3 is 5.73 Å². The number of nitrogens with two attached hydrogens (primary N) is 1. The summed E-state index contributed by atoms with van der Waals surface area (Å²) in [5.41, 5.74) is 8.01. The van der Waals surface area contributed by atoms with Crippen LogP contribution < -0.4 is 5.73 Å². The first-order chi connectivity index (χ1) is 8.19. The molecule has 0 aromatic heterocycles. The van der Waals surface area contributed by atoms with Crippen LogP contribution in [-0.4, -0.2) is 18.0 Å². The van der Waals surface area contributed by atoms with Gasteiger partial charge in [0.2, 0.25) is 0 Å². The van der Waals surface area contributed by atoms with E-state index >= 15 is 0 Å². The van der Waals surface area contributed by atoms with E-state index in [4.69, 9.17) is 17.3 Å². The second-order valence-electron chi connectivity index (χ2n) is 5.02. The molecule has 1 aromatic carbocycles. The van der Waals surface area contributed by atoms with Crippen molar-refractivity contribution < 1.29 is 0 Å². The lowest BCUT2D eigenvalue weighted by atomic mass is 10.1. The molecule has 2 nitrogen and oxygen atoms in total. The van der Waals surface area contributed by atoms with Crippen LogP contribution in [0.15, 0.2) is 18.2 Å². The summed E-state index contributed by atoms with van der Waals surface area (Å²) in [6, 6.07) is 5.75. The molecule has 1 saturated carbocycles. The Morgan fingerprint density at radius 1 is 1.41 bits per heavy atom. The van der Waals surface area contributed by atoms with Crippen molar-refractivity contribution in [1.29, 1.82) is 0 Å². The fourth-order valence-corrected chi connectivity index (χ4v) is 2.36. The molecule has 1 aliphatic carbocycles. The molecule has 3 heteroatoms. The Balaban J connectivity index is 2.01. The van der Waals surface area contributed by atoms with E-state index in [0.29, 0.717) is 0 Å². The maximum Gasteiger partial charge on any atom is 0.0410 e. The van der Waals surface area contributed by atoms with Crippen molar-refractivity contribution in [1.82, 2.24) is 4.90 Å². The number of benzene rings is 1. The van der Waals surface area contributed by atoms with E-state index in [0.717, 1.165) is 35.3 Å². The summed E-state index contributed by atoms with van der Waals surface area (Å²) in [5, 5.41) is 0.775. The first-order valence-electron chi connectivity index (χ1n) is 6.45. The predicted molar refractivity (Wildman–Crippen MR) is 74.2 cm³/mol. The van der Waals surface area contributed by atoms with Crippen molar-refractivity contribution in [3.8, 4) is 0 Å². The maximum atomic E-state index is 6.02. The van der Waals surface area contributed by atoms with Gasteiger partial charge in [-0.25, -0.2) is 0 Å². The van der Waals surface area contributed by atoms with Crippen LogP contribution in [0.4, 0.5) is 5.69 Å². The molecular weight excluding hydrogens is 232 g/mol. The van der Waals surface area contributed by atoms with Crippen molar-refractivity contribution in [2.45, 2.75) is 32.7 Å². The minimum Gasteiger partial charge on any atom is -0.398 e. The zero-order valence-corrected chi connectivity index (χ0v) is 11.2. The standard InChI is InChI=1S/C14H21ClN2/c1-2-7-17(9-11-3-4-11)10-12-8-13(15)5-6-14(12)16/h5-6,8,11H,2-4,7,9-10,16H2,1H3. The van der Waals surface area contributed by atoms with Gasteiger partial charge in [0.15, 0.2) is 0 Å². The van der Waals surface area contributed by atoms with Gasteiger partial charge in [0.1, 0.15) is 0 Å². The Bertz CT molecular complexity index is 374. The summed E-state index contributed by atoms with van der Waals surface area (Å²) < 4.78 is 0. The van der Waals surface area contributed by atoms with E-state index in [2.05, 4.69) is 11.8 Å². The van der Waals surface area contributed by atoms with Gasteiger partial charge in [0.05, 0.1) is 0 Å². The van der Waals surface area contributed by atoms with Crippen molar-refractivity contribution >= 4 is 17.3 Å². The molecule has 1 fully saturated rings. The van der Waals surface area contributed by atoms with Crippen LogP contribution in [0.3, 0.4) is 0 Å². The van der Waals surface area contributed by atoms with Gasteiger partial charge in [-0.15, -0.1) is 0 Å². The van der Waals surface area contributed by atoms with Crippen LogP contribution in [0.2, 0.25) is 5.02 Å². The number of anilines is 1. The number of nitrogens with zero attached hydrogens (tertiary/aromatic N) is 1. The molecular formula is C14H21ClN2. The highest BCUT2D eigenvalue weighted by atomic mass is 35.5. The average Bonchev–Trinajstić information content (AvgIpc) is 3.08. The van der Waals surface area contributed by atoms with E-state index in [1.54, 1.807) is 0 Å². The van der Waals surface area contributed by atoms with Gasteiger partial charge in [0, 0.05) is 23.8 Å². The Morgan fingerprint density at radius 3 is 2.82 bits per heavy atom. The van der Waals surface area contributed by atoms with Gasteiger partial charge in [-0.3, -0.25) is 4.90 Å². The zero-order chi connectivity index (χ0) is 12.3. The summed E-state index contributed by atoms with van der Waals surface area (Å²) in [5.74, 6) is 0.918. The van der Waals surface area contributed by atoms with Crippen molar-refractivity contribution in [3.05, 3.63) is 28.8 Å². The van der Waals surface area contributed by atoms with Crippen LogP contribution in [0.5, 0.6) is 0 Å².